The second-order valence-electron chi connectivity index (χ2n) is 5.31. The summed E-state index contributed by atoms with van der Waals surface area (Å²) in [6, 6.07) is 0.636. The minimum Gasteiger partial charge on any atom is -0.330 e. The lowest BCUT2D eigenvalue weighted by atomic mass is 9.80. The molecule has 1 saturated carbocycles. The lowest BCUT2D eigenvalue weighted by molar-refractivity contribution is 0.233. The molecule has 0 aliphatic heterocycles. The Morgan fingerprint density at radius 1 is 1.20 bits per heavy atom. The van der Waals surface area contributed by atoms with Gasteiger partial charge in [0.2, 0.25) is 0 Å². The molecule has 1 rings (SSSR count). The predicted molar refractivity (Wildman–Crippen MR) is 66.9 cm³/mol. The topological polar surface area (TPSA) is 38.0 Å². The summed E-state index contributed by atoms with van der Waals surface area (Å²) in [7, 11) is 0. The van der Waals surface area contributed by atoms with Crippen LogP contribution in [0.5, 0.6) is 0 Å². The van der Waals surface area contributed by atoms with E-state index in [4.69, 9.17) is 5.73 Å². The summed E-state index contributed by atoms with van der Waals surface area (Å²) in [5.41, 5.74) is 6.40. The van der Waals surface area contributed by atoms with E-state index in [0.717, 1.165) is 13.1 Å². The van der Waals surface area contributed by atoms with Crippen LogP contribution in [0.25, 0.3) is 0 Å². The van der Waals surface area contributed by atoms with Crippen LogP contribution in [-0.4, -0.2) is 19.1 Å². The largest absolute Gasteiger partial charge is 0.330 e. The summed E-state index contributed by atoms with van der Waals surface area (Å²) in [5, 5.41) is 3.64. The first-order valence-corrected chi connectivity index (χ1v) is 6.66. The van der Waals surface area contributed by atoms with E-state index < -0.39 is 0 Å². The molecule has 1 atom stereocenters. The third-order valence-electron chi connectivity index (χ3n) is 4.04. The Labute approximate surface area is 95.0 Å². The molecule has 90 valence electrons. The van der Waals surface area contributed by atoms with Crippen molar-refractivity contribution in [2.75, 3.05) is 13.1 Å². The Hall–Kier alpha value is -0.0800. The zero-order chi connectivity index (χ0) is 11.1. The second kappa shape index (κ2) is 6.49. The van der Waals surface area contributed by atoms with Gasteiger partial charge in [-0.3, -0.25) is 0 Å². The molecule has 1 aliphatic carbocycles. The van der Waals surface area contributed by atoms with E-state index in [1.807, 2.05) is 0 Å². The number of rotatable bonds is 5. The van der Waals surface area contributed by atoms with Crippen LogP contribution in [0.15, 0.2) is 0 Å². The van der Waals surface area contributed by atoms with Crippen LogP contribution in [-0.2, 0) is 0 Å². The van der Waals surface area contributed by atoms with Crippen LogP contribution < -0.4 is 11.1 Å². The third kappa shape index (κ3) is 4.12. The average Bonchev–Trinajstić information content (AvgIpc) is 2.52. The predicted octanol–water partition coefficient (Wildman–Crippen LogP) is 2.67. The van der Waals surface area contributed by atoms with Crippen LogP contribution >= 0.6 is 0 Å². The Morgan fingerprint density at radius 2 is 1.80 bits per heavy atom. The van der Waals surface area contributed by atoms with Gasteiger partial charge in [-0.25, -0.2) is 0 Å². The molecular formula is C13H28N2. The van der Waals surface area contributed by atoms with Crippen LogP contribution in [0.3, 0.4) is 0 Å². The summed E-state index contributed by atoms with van der Waals surface area (Å²) in [5.74, 6) is 0. The van der Waals surface area contributed by atoms with Crippen LogP contribution in [0.4, 0.5) is 0 Å². The van der Waals surface area contributed by atoms with Crippen molar-refractivity contribution in [3.8, 4) is 0 Å². The van der Waals surface area contributed by atoms with E-state index in [1.165, 1.54) is 44.9 Å². The van der Waals surface area contributed by atoms with Gasteiger partial charge < -0.3 is 11.1 Å². The molecule has 0 aromatic carbocycles. The normalized spacial score (nSPS) is 23.4. The van der Waals surface area contributed by atoms with Gasteiger partial charge in [0.05, 0.1) is 0 Å². The first-order valence-electron chi connectivity index (χ1n) is 6.66. The van der Waals surface area contributed by atoms with Gasteiger partial charge >= 0.3 is 0 Å². The molecule has 2 nitrogen and oxygen atoms in total. The van der Waals surface area contributed by atoms with E-state index in [0.29, 0.717) is 11.5 Å². The zero-order valence-corrected chi connectivity index (χ0v) is 10.5. The highest BCUT2D eigenvalue weighted by Gasteiger charge is 2.29. The zero-order valence-electron chi connectivity index (χ0n) is 10.5. The van der Waals surface area contributed by atoms with Crippen LogP contribution in [0, 0.1) is 5.41 Å². The maximum Gasteiger partial charge on any atom is 0.00363 e. The maximum absolute atomic E-state index is 6.00. The summed E-state index contributed by atoms with van der Waals surface area (Å²) in [6.45, 7) is 6.48. The fraction of sp³-hybridized carbons (Fsp3) is 1.00. The van der Waals surface area contributed by atoms with Crippen molar-refractivity contribution in [2.24, 2.45) is 11.1 Å². The van der Waals surface area contributed by atoms with E-state index >= 15 is 0 Å². The summed E-state index contributed by atoms with van der Waals surface area (Å²) >= 11 is 0. The van der Waals surface area contributed by atoms with Gasteiger partial charge in [-0.2, -0.15) is 0 Å². The van der Waals surface area contributed by atoms with E-state index in [-0.39, 0.29) is 0 Å². The molecule has 0 aromatic rings. The van der Waals surface area contributed by atoms with Crippen molar-refractivity contribution in [1.82, 2.24) is 5.32 Å². The minimum atomic E-state index is 0.403. The third-order valence-corrected chi connectivity index (χ3v) is 4.04. The number of hydrogen-bond acceptors (Lipinski definition) is 2. The summed E-state index contributed by atoms with van der Waals surface area (Å²) < 4.78 is 0. The minimum absolute atomic E-state index is 0.403. The molecule has 15 heavy (non-hydrogen) atoms. The van der Waals surface area contributed by atoms with Crippen molar-refractivity contribution in [1.29, 1.82) is 0 Å². The van der Waals surface area contributed by atoms with Crippen molar-refractivity contribution < 1.29 is 0 Å². The quantitative estimate of drug-likeness (QED) is 0.688. The molecule has 0 radical (unpaired) electrons. The Bertz CT molecular complexity index is 160. The van der Waals surface area contributed by atoms with Crippen molar-refractivity contribution in [3.63, 3.8) is 0 Å². The molecule has 1 aliphatic rings. The average molecular weight is 212 g/mol. The number of hydrogen-bond donors (Lipinski definition) is 2. The molecule has 0 bridgehead atoms. The Balaban J connectivity index is 2.43. The summed E-state index contributed by atoms with van der Waals surface area (Å²) in [4.78, 5) is 0. The highest BCUT2D eigenvalue weighted by molar-refractivity contribution is 4.85. The van der Waals surface area contributed by atoms with Gasteiger partial charge in [0.25, 0.3) is 0 Å². The maximum atomic E-state index is 6.00. The van der Waals surface area contributed by atoms with Crippen molar-refractivity contribution in [2.45, 2.75) is 64.8 Å². The number of nitrogens with two attached hydrogens (primary N) is 1. The molecular weight excluding hydrogens is 184 g/mol. The number of nitrogens with one attached hydrogen (secondary N) is 1. The fourth-order valence-electron chi connectivity index (χ4n) is 2.47. The van der Waals surface area contributed by atoms with Gasteiger partial charge in [0.1, 0.15) is 0 Å². The molecule has 1 unspecified atom stereocenters. The van der Waals surface area contributed by atoms with Crippen molar-refractivity contribution >= 4 is 0 Å². The van der Waals surface area contributed by atoms with Crippen LogP contribution in [0.1, 0.15) is 58.8 Å². The van der Waals surface area contributed by atoms with E-state index in [9.17, 15) is 0 Å². The molecule has 3 N–H and O–H groups in total. The molecule has 0 spiro atoms. The molecule has 0 heterocycles. The Morgan fingerprint density at radius 3 is 2.27 bits per heavy atom. The monoisotopic (exact) mass is 212 g/mol. The van der Waals surface area contributed by atoms with Gasteiger partial charge in [-0.15, -0.1) is 0 Å². The molecule has 0 aromatic heterocycles. The first-order chi connectivity index (χ1) is 7.22. The smallest absolute Gasteiger partial charge is 0.00363 e. The highest BCUT2D eigenvalue weighted by Crippen LogP contribution is 2.33. The van der Waals surface area contributed by atoms with Gasteiger partial charge in [0.15, 0.2) is 0 Å². The lowest BCUT2D eigenvalue weighted by Gasteiger charge is -2.33. The first kappa shape index (κ1) is 13.0. The van der Waals surface area contributed by atoms with E-state index in [2.05, 4.69) is 19.2 Å². The van der Waals surface area contributed by atoms with Gasteiger partial charge in [-0.1, -0.05) is 32.6 Å². The molecule has 0 saturated heterocycles. The highest BCUT2D eigenvalue weighted by atomic mass is 14.9. The standard InChI is InChI=1S/C13H28N2/c1-3-12(2)15-11-13(10-14)8-6-4-5-7-9-13/h12,15H,3-11,14H2,1-2H3. The second-order valence-corrected chi connectivity index (χ2v) is 5.31. The van der Waals surface area contributed by atoms with E-state index in [1.54, 1.807) is 0 Å². The van der Waals surface area contributed by atoms with Gasteiger partial charge in [-0.05, 0) is 38.1 Å². The molecule has 1 fully saturated rings. The molecule has 2 heteroatoms. The summed E-state index contributed by atoms with van der Waals surface area (Å²) in [6.07, 6.45) is 9.43. The molecule has 0 amide bonds. The lowest BCUT2D eigenvalue weighted by Crippen LogP contribution is -2.42. The fourth-order valence-corrected chi connectivity index (χ4v) is 2.47. The van der Waals surface area contributed by atoms with Crippen LogP contribution in [0.2, 0.25) is 0 Å². The Kier molecular flexibility index (Phi) is 5.62. The SMILES string of the molecule is CCC(C)NCC1(CN)CCCCCC1. The van der Waals surface area contributed by atoms with Gasteiger partial charge in [0, 0.05) is 12.6 Å². The van der Waals surface area contributed by atoms with Crippen molar-refractivity contribution in [3.05, 3.63) is 0 Å².